The molecule has 0 spiro atoms. The number of hydrogen-bond donors (Lipinski definition) is 1. The van der Waals surface area contributed by atoms with Crippen molar-refractivity contribution in [3.8, 4) is 0 Å². The quantitative estimate of drug-likeness (QED) is 0.611. The van der Waals surface area contributed by atoms with Crippen molar-refractivity contribution < 1.29 is 9.90 Å². The van der Waals surface area contributed by atoms with Gasteiger partial charge in [-0.05, 0) is 56.9 Å². The fourth-order valence-electron chi connectivity index (χ4n) is 4.23. The number of carbonyl (C=O) groups is 1. The number of fused-ring (bicyclic) bond motifs is 1. The SMILES string of the molecule is C/C=C\C(=C/CC)CN(CC)C(=O)N1CCC(O)(Cn2cnc3cc(Cl)ccc3c2=O)CC1. The summed E-state index contributed by atoms with van der Waals surface area (Å²) < 4.78 is 1.45. The maximum atomic E-state index is 13.1. The summed E-state index contributed by atoms with van der Waals surface area (Å²) in [5.74, 6) is 0. The first-order valence-electron chi connectivity index (χ1n) is 11.5. The lowest BCUT2D eigenvalue weighted by Gasteiger charge is -2.40. The third kappa shape index (κ3) is 6.03. The molecule has 7 nitrogen and oxygen atoms in total. The summed E-state index contributed by atoms with van der Waals surface area (Å²) in [4.78, 5) is 33.9. The van der Waals surface area contributed by atoms with E-state index in [1.807, 2.05) is 30.9 Å². The van der Waals surface area contributed by atoms with E-state index in [0.717, 1.165) is 12.0 Å². The molecule has 0 saturated carbocycles. The number of hydrogen-bond acceptors (Lipinski definition) is 4. The predicted octanol–water partition coefficient (Wildman–Crippen LogP) is 4.23. The largest absolute Gasteiger partial charge is 0.388 e. The summed E-state index contributed by atoms with van der Waals surface area (Å²) in [7, 11) is 0. The van der Waals surface area contributed by atoms with Crippen molar-refractivity contribution in [2.24, 2.45) is 0 Å². The molecule has 3 rings (SSSR count). The van der Waals surface area contributed by atoms with Gasteiger partial charge in [0.1, 0.15) is 0 Å². The minimum absolute atomic E-state index is 0.0209. The summed E-state index contributed by atoms with van der Waals surface area (Å²) in [6.45, 7) is 8.22. The minimum atomic E-state index is -1.07. The summed E-state index contributed by atoms with van der Waals surface area (Å²) >= 11 is 5.99. The Hall–Kier alpha value is -2.64. The van der Waals surface area contributed by atoms with Gasteiger partial charge in [0, 0.05) is 31.2 Å². The summed E-state index contributed by atoms with van der Waals surface area (Å²) in [5, 5.41) is 12.2. The van der Waals surface area contributed by atoms with Gasteiger partial charge in [0.2, 0.25) is 0 Å². The molecule has 1 saturated heterocycles. The fourth-order valence-corrected chi connectivity index (χ4v) is 4.40. The van der Waals surface area contributed by atoms with Crippen LogP contribution in [0.2, 0.25) is 5.02 Å². The van der Waals surface area contributed by atoms with E-state index in [1.165, 1.54) is 10.9 Å². The van der Waals surface area contributed by atoms with E-state index >= 15 is 0 Å². The van der Waals surface area contributed by atoms with Crippen LogP contribution in [0.3, 0.4) is 0 Å². The number of aliphatic hydroxyl groups is 1. The van der Waals surface area contributed by atoms with Gasteiger partial charge < -0.3 is 14.9 Å². The number of urea groups is 1. The lowest BCUT2D eigenvalue weighted by molar-refractivity contribution is -0.0288. The molecule has 1 N–H and O–H groups in total. The summed E-state index contributed by atoms with van der Waals surface area (Å²) in [6, 6.07) is 4.95. The van der Waals surface area contributed by atoms with Gasteiger partial charge in [-0.1, -0.05) is 36.8 Å². The van der Waals surface area contributed by atoms with E-state index in [1.54, 1.807) is 23.1 Å². The van der Waals surface area contributed by atoms with Gasteiger partial charge in [-0.3, -0.25) is 9.36 Å². The van der Waals surface area contributed by atoms with Crippen LogP contribution in [-0.4, -0.2) is 62.3 Å². The van der Waals surface area contributed by atoms with Gasteiger partial charge in [-0.25, -0.2) is 9.78 Å². The molecule has 2 amide bonds. The molecule has 0 aliphatic carbocycles. The topological polar surface area (TPSA) is 78.7 Å². The van der Waals surface area contributed by atoms with Gasteiger partial charge in [-0.15, -0.1) is 0 Å². The Morgan fingerprint density at radius 3 is 2.67 bits per heavy atom. The second-order valence-corrected chi connectivity index (χ2v) is 8.97. The number of benzene rings is 1. The zero-order chi connectivity index (χ0) is 24.0. The minimum Gasteiger partial charge on any atom is -0.388 e. The Bertz CT molecular complexity index is 1100. The maximum absolute atomic E-state index is 13.1. The highest BCUT2D eigenvalue weighted by atomic mass is 35.5. The van der Waals surface area contributed by atoms with E-state index in [0.29, 0.717) is 54.9 Å². The van der Waals surface area contributed by atoms with Crippen LogP contribution in [0.15, 0.2) is 53.1 Å². The number of likely N-dealkylation sites (N-methyl/N-ethyl adjacent to an activating group) is 1. The number of piperidine rings is 1. The van der Waals surface area contributed by atoms with Crippen molar-refractivity contribution in [3.05, 3.63) is 63.7 Å². The number of carbonyl (C=O) groups excluding carboxylic acids is 1. The number of likely N-dealkylation sites (tertiary alicyclic amines) is 1. The molecule has 0 bridgehead atoms. The van der Waals surface area contributed by atoms with Crippen molar-refractivity contribution >= 4 is 28.5 Å². The van der Waals surface area contributed by atoms with E-state index in [-0.39, 0.29) is 18.1 Å². The zero-order valence-electron chi connectivity index (χ0n) is 19.6. The molecule has 178 valence electrons. The Morgan fingerprint density at radius 2 is 2.03 bits per heavy atom. The van der Waals surface area contributed by atoms with Crippen molar-refractivity contribution in [1.82, 2.24) is 19.4 Å². The average molecular weight is 473 g/mol. The van der Waals surface area contributed by atoms with Gasteiger partial charge in [0.15, 0.2) is 0 Å². The van der Waals surface area contributed by atoms with Gasteiger partial charge in [-0.2, -0.15) is 0 Å². The Balaban J connectivity index is 1.66. The van der Waals surface area contributed by atoms with E-state index in [4.69, 9.17) is 11.6 Å². The first kappa shape index (κ1) is 25.0. The van der Waals surface area contributed by atoms with Crippen LogP contribution in [0.5, 0.6) is 0 Å². The second kappa shape index (κ2) is 11.0. The molecule has 1 fully saturated rings. The van der Waals surface area contributed by atoms with Crippen LogP contribution in [0.25, 0.3) is 10.9 Å². The Morgan fingerprint density at radius 1 is 1.30 bits per heavy atom. The molecule has 1 aromatic heterocycles. The molecule has 0 unspecified atom stereocenters. The normalized spacial score (nSPS) is 16.5. The third-order valence-electron chi connectivity index (χ3n) is 6.09. The van der Waals surface area contributed by atoms with Crippen molar-refractivity contribution in [3.63, 3.8) is 0 Å². The van der Waals surface area contributed by atoms with Crippen LogP contribution in [0.1, 0.15) is 40.0 Å². The van der Waals surface area contributed by atoms with Crippen LogP contribution < -0.4 is 5.56 Å². The molecule has 8 heteroatoms. The molecular formula is C25H33ClN4O3. The molecule has 1 aliphatic rings. The van der Waals surface area contributed by atoms with Gasteiger partial charge >= 0.3 is 6.03 Å². The Kier molecular flexibility index (Phi) is 8.32. The van der Waals surface area contributed by atoms with Gasteiger partial charge in [0.25, 0.3) is 5.56 Å². The molecule has 0 radical (unpaired) electrons. The highest BCUT2D eigenvalue weighted by Crippen LogP contribution is 2.25. The number of nitrogens with zero attached hydrogens (tertiary/aromatic N) is 4. The lowest BCUT2D eigenvalue weighted by atomic mass is 9.91. The van der Waals surface area contributed by atoms with Crippen LogP contribution in [0, 0.1) is 0 Å². The van der Waals surface area contributed by atoms with Crippen LogP contribution in [-0.2, 0) is 6.54 Å². The first-order chi connectivity index (χ1) is 15.8. The standard InChI is InChI=1S/C25H33ClN4O3/c1-4-7-19(8-5-2)16-28(6-3)24(32)29-13-11-25(33,12-14-29)17-30-18-27-22-15-20(26)9-10-21(22)23(30)31/h4,7-10,15,18,33H,5-6,11-14,16-17H2,1-3H3/b7-4-,19-8+. The summed E-state index contributed by atoms with van der Waals surface area (Å²) in [5.41, 5.74) is 0.371. The monoisotopic (exact) mass is 472 g/mol. The third-order valence-corrected chi connectivity index (χ3v) is 6.32. The number of halogens is 1. The zero-order valence-corrected chi connectivity index (χ0v) is 20.4. The molecule has 2 heterocycles. The first-order valence-corrected chi connectivity index (χ1v) is 11.9. The Labute approximate surface area is 200 Å². The highest BCUT2D eigenvalue weighted by molar-refractivity contribution is 6.31. The fraction of sp³-hybridized carbons (Fsp3) is 0.480. The number of rotatable bonds is 7. The maximum Gasteiger partial charge on any atom is 0.320 e. The smallest absolute Gasteiger partial charge is 0.320 e. The van der Waals surface area contributed by atoms with Crippen molar-refractivity contribution in [1.29, 1.82) is 0 Å². The predicted molar refractivity (Wildman–Crippen MR) is 133 cm³/mol. The molecule has 33 heavy (non-hydrogen) atoms. The number of amides is 2. The number of aromatic nitrogens is 2. The molecular weight excluding hydrogens is 440 g/mol. The van der Waals surface area contributed by atoms with E-state index < -0.39 is 5.60 Å². The molecule has 2 aromatic rings. The lowest BCUT2D eigenvalue weighted by Crippen LogP contribution is -2.53. The molecule has 0 atom stereocenters. The second-order valence-electron chi connectivity index (χ2n) is 8.53. The molecule has 1 aromatic carbocycles. The van der Waals surface area contributed by atoms with E-state index in [9.17, 15) is 14.7 Å². The van der Waals surface area contributed by atoms with E-state index in [2.05, 4.69) is 18.0 Å². The van der Waals surface area contributed by atoms with Gasteiger partial charge in [0.05, 0.1) is 29.4 Å². The van der Waals surface area contributed by atoms with Crippen molar-refractivity contribution in [2.75, 3.05) is 26.2 Å². The number of allylic oxidation sites excluding steroid dienone is 2. The average Bonchev–Trinajstić information content (AvgIpc) is 2.79. The van der Waals surface area contributed by atoms with Crippen LogP contribution >= 0.6 is 11.6 Å². The molecule has 1 aliphatic heterocycles. The highest BCUT2D eigenvalue weighted by Gasteiger charge is 2.35. The summed E-state index contributed by atoms with van der Waals surface area (Å²) in [6.07, 6.45) is 9.32. The van der Waals surface area contributed by atoms with Crippen LogP contribution in [0.4, 0.5) is 4.79 Å². The van der Waals surface area contributed by atoms with Crippen molar-refractivity contribution in [2.45, 2.75) is 52.2 Å².